The number of fused-ring (bicyclic) bond motifs is 2. The number of rotatable bonds is 5. The monoisotopic (exact) mass is 392 g/mol. The number of carbonyl (C=O) groups is 4. The van der Waals surface area contributed by atoms with Crippen molar-refractivity contribution in [2.75, 3.05) is 24.6 Å². The van der Waals surface area contributed by atoms with Crippen molar-refractivity contribution in [3.05, 3.63) is 65.2 Å². The van der Waals surface area contributed by atoms with Crippen LogP contribution in [0, 0.1) is 0 Å². The first-order chi connectivity index (χ1) is 14.0. The summed E-state index contributed by atoms with van der Waals surface area (Å²) in [6.07, 6.45) is 0.754. The lowest BCUT2D eigenvalue weighted by atomic mass is 9.98. The molecule has 7 heteroatoms. The Hall–Kier alpha value is -3.48. The second-order valence-electron chi connectivity index (χ2n) is 7.02. The van der Waals surface area contributed by atoms with E-state index < -0.39 is 11.9 Å². The van der Waals surface area contributed by atoms with Crippen LogP contribution in [0.2, 0.25) is 0 Å². The molecule has 0 saturated heterocycles. The maximum absolute atomic E-state index is 12.5. The van der Waals surface area contributed by atoms with Gasteiger partial charge in [-0.2, -0.15) is 0 Å². The van der Waals surface area contributed by atoms with Gasteiger partial charge in [-0.3, -0.25) is 24.1 Å². The topological polar surface area (TPSA) is 84.0 Å². The van der Waals surface area contributed by atoms with Crippen molar-refractivity contribution in [1.29, 1.82) is 0 Å². The molecule has 0 unspecified atom stereocenters. The number of imide groups is 1. The standard InChI is InChI=1S/C22H20N2O5/c25-19-13-16-6-1-3-7-17(16)22(28)24(19)12-10-21(27)29-14-20(26)23-11-9-15-5-2-4-8-18(15)23/h1-8H,9-14H2. The highest BCUT2D eigenvalue weighted by atomic mass is 16.5. The van der Waals surface area contributed by atoms with Crippen LogP contribution in [-0.4, -0.2) is 48.3 Å². The van der Waals surface area contributed by atoms with Crippen LogP contribution in [0.15, 0.2) is 48.5 Å². The lowest BCUT2D eigenvalue weighted by Gasteiger charge is -2.26. The molecule has 2 aliphatic rings. The summed E-state index contributed by atoms with van der Waals surface area (Å²) in [7, 11) is 0. The summed E-state index contributed by atoms with van der Waals surface area (Å²) in [5.41, 5.74) is 3.10. The molecule has 2 heterocycles. The van der Waals surface area contributed by atoms with Crippen LogP contribution in [0.25, 0.3) is 0 Å². The first-order valence-corrected chi connectivity index (χ1v) is 9.51. The smallest absolute Gasteiger partial charge is 0.308 e. The molecule has 2 aliphatic heterocycles. The molecule has 7 nitrogen and oxygen atoms in total. The number of carbonyl (C=O) groups excluding carboxylic acids is 4. The van der Waals surface area contributed by atoms with E-state index in [1.165, 1.54) is 0 Å². The SMILES string of the molecule is O=C(CCN1C(=O)Cc2ccccc2C1=O)OCC(=O)N1CCc2ccccc21. The first kappa shape index (κ1) is 18.9. The molecule has 0 aromatic heterocycles. The summed E-state index contributed by atoms with van der Waals surface area (Å²) in [6, 6.07) is 14.6. The normalized spacial score (nSPS) is 15.2. The average molecular weight is 392 g/mol. The van der Waals surface area contributed by atoms with Crippen LogP contribution in [0.5, 0.6) is 0 Å². The second kappa shape index (κ2) is 7.87. The number of anilines is 1. The summed E-state index contributed by atoms with van der Waals surface area (Å²) >= 11 is 0. The summed E-state index contributed by atoms with van der Waals surface area (Å²) in [5.74, 6) is -1.66. The molecule has 29 heavy (non-hydrogen) atoms. The fraction of sp³-hybridized carbons (Fsp3) is 0.273. The summed E-state index contributed by atoms with van der Waals surface area (Å²) < 4.78 is 5.08. The lowest BCUT2D eigenvalue weighted by Crippen LogP contribution is -2.43. The van der Waals surface area contributed by atoms with Gasteiger partial charge in [-0.1, -0.05) is 36.4 Å². The molecule has 0 aliphatic carbocycles. The van der Waals surface area contributed by atoms with Gasteiger partial charge in [-0.25, -0.2) is 0 Å². The average Bonchev–Trinajstić information content (AvgIpc) is 3.16. The van der Waals surface area contributed by atoms with Gasteiger partial charge in [0.25, 0.3) is 11.8 Å². The van der Waals surface area contributed by atoms with Crippen molar-refractivity contribution in [2.45, 2.75) is 19.3 Å². The van der Waals surface area contributed by atoms with Gasteiger partial charge in [0.15, 0.2) is 6.61 Å². The van der Waals surface area contributed by atoms with Gasteiger partial charge in [-0.15, -0.1) is 0 Å². The van der Waals surface area contributed by atoms with E-state index in [-0.39, 0.29) is 37.8 Å². The van der Waals surface area contributed by atoms with Crippen molar-refractivity contribution < 1.29 is 23.9 Å². The van der Waals surface area contributed by atoms with Crippen molar-refractivity contribution in [2.24, 2.45) is 0 Å². The number of esters is 1. The molecule has 3 amide bonds. The molecule has 4 rings (SSSR count). The molecular weight excluding hydrogens is 372 g/mol. The lowest BCUT2D eigenvalue weighted by molar-refractivity contribution is -0.148. The Morgan fingerprint density at radius 1 is 0.966 bits per heavy atom. The van der Waals surface area contributed by atoms with E-state index in [9.17, 15) is 19.2 Å². The Morgan fingerprint density at radius 3 is 2.52 bits per heavy atom. The van der Waals surface area contributed by atoms with Crippen LogP contribution in [0.4, 0.5) is 5.69 Å². The van der Waals surface area contributed by atoms with Gasteiger partial charge in [-0.05, 0) is 29.7 Å². The zero-order valence-electron chi connectivity index (χ0n) is 15.8. The Bertz CT molecular complexity index is 1000. The van der Waals surface area contributed by atoms with Crippen molar-refractivity contribution >= 4 is 29.4 Å². The fourth-order valence-electron chi connectivity index (χ4n) is 3.72. The van der Waals surface area contributed by atoms with E-state index in [0.717, 1.165) is 22.6 Å². The third kappa shape index (κ3) is 3.76. The van der Waals surface area contributed by atoms with E-state index in [2.05, 4.69) is 0 Å². The van der Waals surface area contributed by atoms with E-state index >= 15 is 0 Å². The maximum Gasteiger partial charge on any atom is 0.308 e. The van der Waals surface area contributed by atoms with Crippen LogP contribution in [-0.2, 0) is 32.0 Å². The first-order valence-electron chi connectivity index (χ1n) is 9.51. The van der Waals surface area contributed by atoms with Gasteiger partial charge in [0.2, 0.25) is 5.91 Å². The number of hydrogen-bond acceptors (Lipinski definition) is 5. The largest absolute Gasteiger partial charge is 0.455 e. The highest BCUT2D eigenvalue weighted by Gasteiger charge is 2.31. The Balaban J connectivity index is 1.29. The van der Waals surface area contributed by atoms with Crippen LogP contribution in [0.3, 0.4) is 0 Å². The predicted molar refractivity (Wildman–Crippen MR) is 104 cm³/mol. The number of amides is 3. The van der Waals surface area contributed by atoms with Crippen LogP contribution >= 0.6 is 0 Å². The van der Waals surface area contributed by atoms with Gasteiger partial charge >= 0.3 is 5.97 Å². The van der Waals surface area contributed by atoms with E-state index in [1.54, 1.807) is 29.2 Å². The van der Waals surface area contributed by atoms with Gasteiger partial charge in [0.05, 0.1) is 12.8 Å². The minimum Gasteiger partial charge on any atom is -0.455 e. The second-order valence-corrected chi connectivity index (χ2v) is 7.02. The molecule has 148 valence electrons. The van der Waals surface area contributed by atoms with Crippen molar-refractivity contribution in [1.82, 2.24) is 4.90 Å². The molecule has 0 bridgehead atoms. The fourth-order valence-corrected chi connectivity index (χ4v) is 3.72. The van der Waals surface area contributed by atoms with Crippen molar-refractivity contribution in [3.63, 3.8) is 0 Å². The molecule has 0 fully saturated rings. The van der Waals surface area contributed by atoms with Crippen LogP contribution in [0.1, 0.15) is 27.9 Å². The van der Waals surface area contributed by atoms with Gasteiger partial charge < -0.3 is 9.64 Å². The zero-order valence-corrected chi connectivity index (χ0v) is 15.8. The number of ether oxygens (including phenoxy) is 1. The minimum atomic E-state index is -0.620. The van der Waals surface area contributed by atoms with E-state index in [1.807, 2.05) is 24.3 Å². The molecular formula is C22H20N2O5. The summed E-state index contributed by atoms with van der Waals surface area (Å²) in [5, 5.41) is 0. The summed E-state index contributed by atoms with van der Waals surface area (Å²) in [4.78, 5) is 51.9. The van der Waals surface area contributed by atoms with E-state index in [0.29, 0.717) is 17.7 Å². The number of para-hydroxylation sites is 1. The highest BCUT2D eigenvalue weighted by molar-refractivity contribution is 6.09. The minimum absolute atomic E-state index is 0.0639. The number of benzene rings is 2. The predicted octanol–water partition coefficient (Wildman–Crippen LogP) is 1.73. The third-order valence-corrected chi connectivity index (χ3v) is 5.22. The Kier molecular flexibility index (Phi) is 5.12. The number of hydrogen-bond donors (Lipinski definition) is 0. The highest BCUT2D eigenvalue weighted by Crippen LogP contribution is 2.27. The van der Waals surface area contributed by atoms with E-state index in [4.69, 9.17) is 4.74 Å². The number of nitrogens with zero attached hydrogens (tertiary/aromatic N) is 2. The maximum atomic E-state index is 12.5. The Labute approximate surface area is 167 Å². The zero-order chi connectivity index (χ0) is 20.4. The van der Waals surface area contributed by atoms with Crippen molar-refractivity contribution in [3.8, 4) is 0 Å². The van der Waals surface area contributed by atoms with Gasteiger partial charge in [0, 0.05) is 24.3 Å². The third-order valence-electron chi connectivity index (χ3n) is 5.22. The molecule has 0 atom stereocenters. The molecule has 0 saturated carbocycles. The molecule has 2 aromatic carbocycles. The molecule has 0 radical (unpaired) electrons. The quantitative estimate of drug-likeness (QED) is 0.572. The summed E-state index contributed by atoms with van der Waals surface area (Å²) in [6.45, 7) is 0.134. The van der Waals surface area contributed by atoms with Gasteiger partial charge in [0.1, 0.15) is 0 Å². The van der Waals surface area contributed by atoms with Crippen LogP contribution < -0.4 is 4.90 Å². The molecule has 0 N–H and O–H groups in total. The Morgan fingerprint density at radius 2 is 1.69 bits per heavy atom. The molecule has 2 aromatic rings. The molecule has 0 spiro atoms.